The summed E-state index contributed by atoms with van der Waals surface area (Å²) in [4.78, 5) is 3.86. The topological polar surface area (TPSA) is 38.9 Å². The highest BCUT2D eigenvalue weighted by Crippen LogP contribution is 2.23. The lowest BCUT2D eigenvalue weighted by atomic mass is 10.00. The van der Waals surface area contributed by atoms with Crippen molar-refractivity contribution in [3.63, 3.8) is 0 Å². The SMILES string of the molecule is NC(Cc1ccncc1Cl)c1ccc(F)cc1F. The maximum Gasteiger partial charge on any atom is 0.130 e. The van der Waals surface area contributed by atoms with Gasteiger partial charge >= 0.3 is 0 Å². The third-order valence-electron chi connectivity index (χ3n) is 2.66. The van der Waals surface area contributed by atoms with E-state index in [9.17, 15) is 8.78 Å². The van der Waals surface area contributed by atoms with Gasteiger partial charge in [-0.1, -0.05) is 17.7 Å². The highest BCUT2D eigenvalue weighted by molar-refractivity contribution is 6.31. The summed E-state index contributed by atoms with van der Waals surface area (Å²) in [7, 11) is 0. The molecule has 0 spiro atoms. The lowest BCUT2D eigenvalue weighted by Crippen LogP contribution is -2.15. The van der Waals surface area contributed by atoms with Gasteiger partial charge in [0, 0.05) is 30.1 Å². The number of nitrogens with two attached hydrogens (primary N) is 1. The second kappa shape index (κ2) is 5.42. The van der Waals surface area contributed by atoms with Gasteiger partial charge in [0.15, 0.2) is 0 Å². The van der Waals surface area contributed by atoms with Gasteiger partial charge in [-0.3, -0.25) is 4.98 Å². The number of hydrogen-bond donors (Lipinski definition) is 1. The van der Waals surface area contributed by atoms with Crippen molar-refractivity contribution < 1.29 is 8.78 Å². The molecule has 1 unspecified atom stereocenters. The third kappa shape index (κ3) is 2.83. The van der Waals surface area contributed by atoms with Crippen LogP contribution in [0.4, 0.5) is 8.78 Å². The van der Waals surface area contributed by atoms with Crippen LogP contribution >= 0.6 is 11.6 Å². The average Bonchev–Trinajstić information content (AvgIpc) is 2.32. The van der Waals surface area contributed by atoms with Gasteiger partial charge in [0.1, 0.15) is 11.6 Å². The van der Waals surface area contributed by atoms with E-state index in [0.29, 0.717) is 11.4 Å². The number of halogens is 3. The Morgan fingerprint density at radius 2 is 2.06 bits per heavy atom. The maximum atomic E-state index is 13.5. The summed E-state index contributed by atoms with van der Waals surface area (Å²) in [5, 5.41) is 0.482. The maximum absolute atomic E-state index is 13.5. The van der Waals surface area contributed by atoms with Crippen molar-refractivity contribution in [1.29, 1.82) is 0 Å². The van der Waals surface area contributed by atoms with Gasteiger partial charge in [0.25, 0.3) is 0 Å². The Kier molecular flexibility index (Phi) is 3.89. The van der Waals surface area contributed by atoms with E-state index in [4.69, 9.17) is 17.3 Å². The predicted molar refractivity (Wildman–Crippen MR) is 66.2 cm³/mol. The molecule has 0 amide bonds. The van der Waals surface area contributed by atoms with Crippen molar-refractivity contribution >= 4 is 11.6 Å². The Morgan fingerprint density at radius 1 is 1.28 bits per heavy atom. The molecule has 0 aliphatic carbocycles. The third-order valence-corrected chi connectivity index (χ3v) is 3.00. The molecule has 0 saturated heterocycles. The molecule has 2 rings (SSSR count). The normalized spacial score (nSPS) is 12.4. The molecule has 0 aliphatic heterocycles. The van der Waals surface area contributed by atoms with Gasteiger partial charge in [-0.05, 0) is 24.1 Å². The summed E-state index contributed by atoms with van der Waals surface area (Å²) in [6.45, 7) is 0. The van der Waals surface area contributed by atoms with E-state index >= 15 is 0 Å². The first-order chi connectivity index (χ1) is 8.58. The molecule has 0 radical (unpaired) electrons. The highest BCUT2D eigenvalue weighted by Gasteiger charge is 2.14. The monoisotopic (exact) mass is 268 g/mol. The van der Waals surface area contributed by atoms with Crippen LogP contribution in [0.3, 0.4) is 0 Å². The predicted octanol–water partition coefficient (Wildman–Crippen LogP) is 3.26. The fourth-order valence-corrected chi connectivity index (χ4v) is 1.92. The minimum absolute atomic E-state index is 0.268. The Balaban J connectivity index is 2.22. The van der Waals surface area contributed by atoms with Crippen LogP contribution in [0.2, 0.25) is 5.02 Å². The molecule has 1 heterocycles. The van der Waals surface area contributed by atoms with Crippen molar-refractivity contribution in [1.82, 2.24) is 4.98 Å². The van der Waals surface area contributed by atoms with Crippen LogP contribution in [0.25, 0.3) is 0 Å². The van der Waals surface area contributed by atoms with E-state index in [1.807, 2.05) is 0 Å². The summed E-state index contributed by atoms with van der Waals surface area (Å²) in [6.07, 6.45) is 3.46. The van der Waals surface area contributed by atoms with Crippen molar-refractivity contribution in [2.75, 3.05) is 0 Å². The van der Waals surface area contributed by atoms with Gasteiger partial charge in [0.2, 0.25) is 0 Å². The zero-order valence-electron chi connectivity index (χ0n) is 9.41. The molecule has 1 aromatic heterocycles. The van der Waals surface area contributed by atoms with Crippen molar-refractivity contribution in [3.8, 4) is 0 Å². The molecule has 1 atom stereocenters. The van der Waals surface area contributed by atoms with E-state index in [1.165, 1.54) is 18.3 Å². The number of benzene rings is 1. The zero-order chi connectivity index (χ0) is 13.1. The van der Waals surface area contributed by atoms with Crippen molar-refractivity contribution in [2.45, 2.75) is 12.5 Å². The minimum Gasteiger partial charge on any atom is -0.324 e. The summed E-state index contributed by atoms with van der Waals surface area (Å²) < 4.78 is 26.3. The molecule has 0 bridgehead atoms. The van der Waals surface area contributed by atoms with Gasteiger partial charge in [0.05, 0.1) is 5.02 Å². The molecule has 5 heteroatoms. The molecule has 94 valence electrons. The number of rotatable bonds is 3. The largest absolute Gasteiger partial charge is 0.324 e. The summed E-state index contributed by atoms with van der Waals surface area (Å²) >= 11 is 5.95. The molecule has 18 heavy (non-hydrogen) atoms. The van der Waals surface area contributed by atoms with E-state index in [1.54, 1.807) is 12.3 Å². The van der Waals surface area contributed by atoms with Gasteiger partial charge in [-0.15, -0.1) is 0 Å². The molecule has 0 saturated carbocycles. The quantitative estimate of drug-likeness (QED) is 0.928. The van der Waals surface area contributed by atoms with Crippen LogP contribution in [-0.4, -0.2) is 4.98 Å². The number of aromatic nitrogens is 1. The van der Waals surface area contributed by atoms with Crippen LogP contribution in [-0.2, 0) is 6.42 Å². The van der Waals surface area contributed by atoms with E-state index in [-0.39, 0.29) is 5.56 Å². The average molecular weight is 269 g/mol. The molecule has 1 aromatic carbocycles. The summed E-state index contributed by atoms with van der Waals surface area (Å²) in [6, 6.07) is 4.51. The molecule has 0 aliphatic rings. The van der Waals surface area contributed by atoms with E-state index < -0.39 is 17.7 Å². The van der Waals surface area contributed by atoms with Crippen LogP contribution in [0.15, 0.2) is 36.7 Å². The first kappa shape index (κ1) is 12.9. The molecule has 2 nitrogen and oxygen atoms in total. The standard InChI is InChI=1S/C13H11ClF2N2/c14-11-7-18-4-3-8(11)5-13(17)10-2-1-9(15)6-12(10)16/h1-4,6-7,13H,5,17H2. The van der Waals surface area contributed by atoms with Gasteiger partial charge in [-0.2, -0.15) is 0 Å². The summed E-state index contributed by atoms with van der Waals surface area (Å²) in [5.41, 5.74) is 6.95. The minimum atomic E-state index is -0.646. The van der Waals surface area contributed by atoms with E-state index in [0.717, 1.165) is 11.6 Å². The van der Waals surface area contributed by atoms with Gasteiger partial charge in [-0.25, -0.2) is 8.78 Å². The second-order valence-corrected chi connectivity index (χ2v) is 4.35. The Labute approximate surface area is 108 Å². The van der Waals surface area contributed by atoms with Crippen molar-refractivity contribution in [2.24, 2.45) is 5.73 Å². The number of pyridine rings is 1. The van der Waals surface area contributed by atoms with E-state index in [2.05, 4.69) is 4.98 Å². The first-order valence-corrected chi connectivity index (χ1v) is 5.74. The number of nitrogens with zero attached hydrogens (tertiary/aromatic N) is 1. The van der Waals surface area contributed by atoms with Crippen LogP contribution in [0.1, 0.15) is 17.2 Å². The second-order valence-electron chi connectivity index (χ2n) is 3.94. The van der Waals surface area contributed by atoms with Crippen LogP contribution in [0.5, 0.6) is 0 Å². The molecular weight excluding hydrogens is 258 g/mol. The zero-order valence-corrected chi connectivity index (χ0v) is 10.2. The van der Waals surface area contributed by atoms with Crippen molar-refractivity contribution in [3.05, 3.63) is 64.4 Å². The summed E-state index contributed by atoms with van der Waals surface area (Å²) in [5.74, 6) is -1.27. The first-order valence-electron chi connectivity index (χ1n) is 5.37. The fraction of sp³-hybridized carbons (Fsp3) is 0.154. The molecule has 2 N–H and O–H groups in total. The molecular formula is C13H11ClF2N2. The molecule has 2 aromatic rings. The highest BCUT2D eigenvalue weighted by atomic mass is 35.5. The van der Waals surface area contributed by atoms with Gasteiger partial charge < -0.3 is 5.73 Å². The smallest absolute Gasteiger partial charge is 0.130 e. The molecule has 0 fully saturated rings. The fourth-order valence-electron chi connectivity index (χ4n) is 1.72. The Bertz CT molecular complexity index is 560. The lowest BCUT2D eigenvalue weighted by molar-refractivity contribution is 0.554. The Morgan fingerprint density at radius 3 is 2.72 bits per heavy atom. The van der Waals surface area contributed by atoms with Crippen LogP contribution in [0, 0.1) is 11.6 Å². The Hall–Kier alpha value is -1.52. The van der Waals surface area contributed by atoms with Crippen LogP contribution < -0.4 is 5.73 Å². The lowest BCUT2D eigenvalue weighted by Gasteiger charge is -2.13. The number of hydrogen-bond acceptors (Lipinski definition) is 2.